The Labute approximate surface area is 158 Å². The van der Waals surface area contributed by atoms with Gasteiger partial charge in [-0.2, -0.15) is 0 Å². The Morgan fingerprint density at radius 2 is 2.00 bits per heavy atom. The number of aryl methyl sites for hydroxylation is 2. The van der Waals surface area contributed by atoms with Crippen molar-refractivity contribution in [2.24, 2.45) is 0 Å². The molecule has 4 heterocycles. The number of ether oxygens (including phenoxy) is 1. The van der Waals surface area contributed by atoms with E-state index in [0.29, 0.717) is 12.0 Å². The molecule has 0 saturated carbocycles. The van der Waals surface area contributed by atoms with Gasteiger partial charge in [-0.15, -0.1) is 0 Å². The first-order chi connectivity index (χ1) is 13.1. The minimum absolute atomic E-state index is 0.490. The Morgan fingerprint density at radius 1 is 1.19 bits per heavy atom. The maximum Gasteiger partial charge on any atom is 0.145 e. The summed E-state index contributed by atoms with van der Waals surface area (Å²) in [5.41, 5.74) is 3.74. The summed E-state index contributed by atoms with van der Waals surface area (Å²) in [6.45, 7) is 10.4. The fraction of sp³-hybridized carbons (Fsp3) is 0.500. The van der Waals surface area contributed by atoms with Crippen LogP contribution in [0.1, 0.15) is 23.4 Å². The van der Waals surface area contributed by atoms with Crippen molar-refractivity contribution in [2.45, 2.75) is 33.4 Å². The molecule has 1 N–H and O–H groups in total. The third-order valence-electron chi connectivity index (χ3n) is 5.51. The van der Waals surface area contributed by atoms with Crippen LogP contribution in [0, 0.1) is 19.3 Å². The Kier molecular flexibility index (Phi) is 5.13. The fourth-order valence-electron chi connectivity index (χ4n) is 3.83. The van der Waals surface area contributed by atoms with Gasteiger partial charge in [0.05, 0.1) is 37.7 Å². The van der Waals surface area contributed by atoms with Crippen LogP contribution < -0.4 is 5.49 Å². The molecular formula is C20H27N5O2. The second-order valence-electron chi connectivity index (χ2n) is 7.17. The number of nitrogens with zero attached hydrogens (tertiary/aromatic N) is 4. The Morgan fingerprint density at radius 3 is 2.74 bits per heavy atom. The lowest BCUT2D eigenvalue weighted by Gasteiger charge is -2.26. The number of nitrogens with one attached hydrogen (secondary N) is 1. The zero-order valence-electron chi connectivity index (χ0n) is 16.1. The van der Waals surface area contributed by atoms with E-state index in [-0.39, 0.29) is 0 Å². The molecule has 3 aromatic rings. The summed E-state index contributed by atoms with van der Waals surface area (Å²) >= 11 is 0. The molecule has 1 saturated heterocycles. The maximum atomic E-state index is 8.68. The molecule has 0 unspecified atom stereocenters. The van der Waals surface area contributed by atoms with Crippen LogP contribution >= 0.6 is 0 Å². The lowest BCUT2D eigenvalue weighted by molar-refractivity contribution is 0.0369. The molecule has 3 aromatic heterocycles. The first kappa shape index (κ1) is 18.0. The molecule has 1 aliphatic heterocycles. The van der Waals surface area contributed by atoms with Gasteiger partial charge in [0.15, 0.2) is 0 Å². The standard InChI is InChI=1S/C20H27N5O2/c1-15-16(2)25(7-4-6-23-8-11-26-12-9-23)20-18(15)19(21)24(14-22-20)13-17-5-3-10-27-17/h3,5,10,14,21H,4,6-9,11-13H2,1-2H3. The molecule has 144 valence electrons. The monoisotopic (exact) mass is 369 g/mol. The van der Waals surface area contributed by atoms with E-state index in [9.17, 15) is 0 Å². The zero-order chi connectivity index (χ0) is 18.8. The average molecular weight is 369 g/mol. The molecule has 0 amide bonds. The third kappa shape index (κ3) is 3.57. The van der Waals surface area contributed by atoms with Gasteiger partial charge in [-0.3, -0.25) is 10.3 Å². The summed E-state index contributed by atoms with van der Waals surface area (Å²) < 4.78 is 14.9. The lowest BCUT2D eigenvalue weighted by Crippen LogP contribution is -2.37. The zero-order valence-corrected chi connectivity index (χ0v) is 16.1. The van der Waals surface area contributed by atoms with Crippen molar-refractivity contribution < 1.29 is 9.15 Å². The highest BCUT2D eigenvalue weighted by molar-refractivity contribution is 5.80. The topological polar surface area (TPSA) is 72.2 Å². The van der Waals surface area contributed by atoms with Gasteiger partial charge in [-0.25, -0.2) is 4.98 Å². The van der Waals surface area contributed by atoms with Crippen molar-refractivity contribution in [3.8, 4) is 0 Å². The van der Waals surface area contributed by atoms with Gasteiger partial charge in [0.25, 0.3) is 0 Å². The number of hydrogen-bond acceptors (Lipinski definition) is 5. The molecule has 1 fully saturated rings. The van der Waals surface area contributed by atoms with Gasteiger partial charge in [-0.05, 0) is 38.0 Å². The molecule has 0 aromatic carbocycles. The molecule has 7 nitrogen and oxygen atoms in total. The van der Waals surface area contributed by atoms with Crippen LogP contribution in [0.2, 0.25) is 0 Å². The molecule has 7 heteroatoms. The van der Waals surface area contributed by atoms with Crippen LogP contribution in [-0.2, 0) is 17.8 Å². The summed E-state index contributed by atoms with van der Waals surface area (Å²) in [5, 5.41) is 9.61. The van der Waals surface area contributed by atoms with E-state index >= 15 is 0 Å². The highest BCUT2D eigenvalue weighted by atomic mass is 16.5. The molecule has 0 spiro atoms. The van der Waals surface area contributed by atoms with Crippen LogP contribution in [0.3, 0.4) is 0 Å². The largest absolute Gasteiger partial charge is 0.467 e. The highest BCUT2D eigenvalue weighted by Gasteiger charge is 2.16. The van der Waals surface area contributed by atoms with Gasteiger partial charge >= 0.3 is 0 Å². The van der Waals surface area contributed by atoms with Crippen LogP contribution in [0.4, 0.5) is 0 Å². The maximum absolute atomic E-state index is 8.68. The van der Waals surface area contributed by atoms with E-state index in [1.807, 2.05) is 16.7 Å². The van der Waals surface area contributed by atoms with Crippen molar-refractivity contribution in [2.75, 3.05) is 32.8 Å². The Balaban J connectivity index is 1.57. The number of rotatable bonds is 6. The van der Waals surface area contributed by atoms with E-state index in [1.165, 1.54) is 5.69 Å². The smallest absolute Gasteiger partial charge is 0.145 e. The van der Waals surface area contributed by atoms with Crippen molar-refractivity contribution in [1.29, 1.82) is 5.41 Å². The number of fused-ring (bicyclic) bond motifs is 1. The quantitative estimate of drug-likeness (QED) is 0.724. The van der Waals surface area contributed by atoms with Crippen molar-refractivity contribution in [1.82, 2.24) is 19.0 Å². The van der Waals surface area contributed by atoms with Crippen LogP contribution in [0.25, 0.3) is 11.0 Å². The first-order valence-corrected chi connectivity index (χ1v) is 9.57. The molecule has 4 rings (SSSR count). The summed E-state index contributed by atoms with van der Waals surface area (Å²) in [6, 6.07) is 3.79. The van der Waals surface area contributed by atoms with Crippen molar-refractivity contribution in [3.05, 3.63) is 47.2 Å². The minimum Gasteiger partial charge on any atom is -0.467 e. The summed E-state index contributed by atoms with van der Waals surface area (Å²) in [4.78, 5) is 7.16. The molecule has 27 heavy (non-hydrogen) atoms. The van der Waals surface area contributed by atoms with Gasteiger partial charge in [0.1, 0.15) is 16.9 Å². The molecule has 0 atom stereocenters. The highest BCUT2D eigenvalue weighted by Crippen LogP contribution is 2.21. The van der Waals surface area contributed by atoms with Crippen molar-refractivity contribution in [3.63, 3.8) is 0 Å². The Bertz CT molecular complexity index is 965. The van der Waals surface area contributed by atoms with Gasteiger partial charge < -0.3 is 18.3 Å². The van der Waals surface area contributed by atoms with E-state index in [4.69, 9.17) is 19.5 Å². The van der Waals surface area contributed by atoms with Crippen LogP contribution in [0.15, 0.2) is 29.1 Å². The minimum atomic E-state index is 0.490. The van der Waals surface area contributed by atoms with Crippen LogP contribution in [0.5, 0.6) is 0 Å². The van der Waals surface area contributed by atoms with Gasteiger partial charge in [0.2, 0.25) is 0 Å². The van der Waals surface area contributed by atoms with E-state index in [2.05, 4.69) is 23.3 Å². The predicted molar refractivity (Wildman–Crippen MR) is 103 cm³/mol. The van der Waals surface area contributed by atoms with E-state index < -0.39 is 0 Å². The van der Waals surface area contributed by atoms with Crippen molar-refractivity contribution >= 4 is 11.0 Å². The molecule has 0 radical (unpaired) electrons. The summed E-state index contributed by atoms with van der Waals surface area (Å²) in [6.07, 6.45) is 4.48. The second-order valence-corrected chi connectivity index (χ2v) is 7.17. The molecule has 0 bridgehead atoms. The third-order valence-corrected chi connectivity index (χ3v) is 5.51. The fourth-order valence-corrected chi connectivity index (χ4v) is 3.83. The summed E-state index contributed by atoms with van der Waals surface area (Å²) in [5.74, 6) is 0.828. The molecule has 0 aliphatic carbocycles. The first-order valence-electron chi connectivity index (χ1n) is 9.57. The number of hydrogen-bond donors (Lipinski definition) is 1. The number of furan rings is 1. The van der Waals surface area contributed by atoms with Crippen LogP contribution in [-0.4, -0.2) is 51.9 Å². The lowest BCUT2D eigenvalue weighted by atomic mass is 10.2. The predicted octanol–water partition coefficient (Wildman–Crippen LogP) is 2.30. The van der Waals surface area contributed by atoms with Gasteiger partial charge in [-0.1, -0.05) is 0 Å². The van der Waals surface area contributed by atoms with E-state index in [1.54, 1.807) is 12.6 Å². The number of aromatic nitrogens is 3. The second kappa shape index (κ2) is 7.70. The van der Waals surface area contributed by atoms with Gasteiger partial charge in [0, 0.05) is 31.9 Å². The van der Waals surface area contributed by atoms with E-state index in [0.717, 1.165) is 68.2 Å². The molecular weight excluding hydrogens is 342 g/mol. The SMILES string of the molecule is Cc1c(C)n(CCCN2CCOCC2)c2ncn(Cc3ccco3)c(=N)c12. The average Bonchev–Trinajstić information content (AvgIpc) is 3.27. The Hall–Kier alpha value is -2.38. The molecule has 1 aliphatic rings. The summed E-state index contributed by atoms with van der Waals surface area (Å²) in [7, 11) is 0. The normalized spacial score (nSPS) is 15.6. The number of morpholine rings is 1.